The van der Waals surface area contributed by atoms with Gasteiger partial charge in [0, 0.05) is 50.6 Å². The predicted molar refractivity (Wildman–Crippen MR) is 87.1 cm³/mol. The fourth-order valence-electron chi connectivity index (χ4n) is 2.83. The van der Waals surface area contributed by atoms with E-state index in [0.717, 1.165) is 44.0 Å². The summed E-state index contributed by atoms with van der Waals surface area (Å²) in [6.45, 7) is 4.53. The molecule has 118 valence electrons. The van der Waals surface area contributed by atoms with Crippen LogP contribution in [0.15, 0.2) is 18.2 Å². The van der Waals surface area contributed by atoms with E-state index < -0.39 is 0 Å². The third-order valence-electron chi connectivity index (χ3n) is 3.96. The number of anilines is 1. The lowest BCUT2D eigenvalue weighted by Crippen LogP contribution is -2.37. The average molecular weight is 313 g/mol. The maximum atomic E-state index is 9.40. The van der Waals surface area contributed by atoms with Crippen LogP contribution in [0.4, 0.5) is 5.69 Å². The van der Waals surface area contributed by atoms with Crippen molar-refractivity contribution in [3.63, 3.8) is 0 Å². The Bertz CT molecular complexity index is 442. The molecule has 0 bridgehead atoms. The molecule has 0 radical (unpaired) electrons. The first-order valence-electron chi connectivity index (χ1n) is 7.58. The molecule has 0 saturated carbocycles. The summed E-state index contributed by atoms with van der Waals surface area (Å²) in [7, 11) is 1.70. The van der Waals surface area contributed by atoms with Gasteiger partial charge in [-0.15, -0.1) is 0 Å². The van der Waals surface area contributed by atoms with Gasteiger partial charge in [-0.1, -0.05) is 11.6 Å². The SMILES string of the molecule is COCCNCc1cc(Cl)ccc1N1CCCC(CO)C1. The lowest BCUT2D eigenvalue weighted by molar-refractivity contribution is 0.199. The molecule has 0 aromatic heterocycles. The summed E-state index contributed by atoms with van der Waals surface area (Å²) in [4.78, 5) is 2.37. The fraction of sp³-hybridized carbons (Fsp3) is 0.625. The number of benzene rings is 1. The van der Waals surface area contributed by atoms with E-state index in [2.05, 4.69) is 16.3 Å². The molecule has 1 aliphatic heterocycles. The van der Waals surface area contributed by atoms with Crippen molar-refractivity contribution in [3.05, 3.63) is 28.8 Å². The molecule has 0 aliphatic carbocycles. The van der Waals surface area contributed by atoms with E-state index in [1.165, 1.54) is 11.3 Å². The Morgan fingerprint density at radius 1 is 1.48 bits per heavy atom. The highest BCUT2D eigenvalue weighted by molar-refractivity contribution is 6.30. The lowest BCUT2D eigenvalue weighted by atomic mass is 9.97. The number of aliphatic hydroxyl groups is 1. The van der Waals surface area contributed by atoms with E-state index in [1.807, 2.05) is 12.1 Å². The molecular formula is C16H25ClN2O2. The molecule has 4 nitrogen and oxygen atoms in total. The zero-order chi connectivity index (χ0) is 15.1. The Morgan fingerprint density at radius 3 is 3.10 bits per heavy atom. The summed E-state index contributed by atoms with van der Waals surface area (Å²) in [5, 5.41) is 13.5. The summed E-state index contributed by atoms with van der Waals surface area (Å²) in [5.41, 5.74) is 2.43. The van der Waals surface area contributed by atoms with Crippen molar-refractivity contribution < 1.29 is 9.84 Å². The third-order valence-corrected chi connectivity index (χ3v) is 4.19. The van der Waals surface area contributed by atoms with Crippen molar-refractivity contribution >= 4 is 17.3 Å². The zero-order valence-corrected chi connectivity index (χ0v) is 13.4. The second-order valence-corrected chi connectivity index (χ2v) is 6.02. The van der Waals surface area contributed by atoms with Crippen molar-refractivity contribution in [1.82, 2.24) is 5.32 Å². The van der Waals surface area contributed by atoms with Crippen molar-refractivity contribution in [2.75, 3.05) is 44.9 Å². The molecule has 1 saturated heterocycles. The summed E-state index contributed by atoms with van der Waals surface area (Å²) >= 11 is 6.14. The fourth-order valence-corrected chi connectivity index (χ4v) is 3.03. The number of methoxy groups -OCH3 is 1. The molecule has 1 atom stereocenters. The first kappa shape index (κ1) is 16.6. The number of ether oxygens (including phenoxy) is 1. The lowest BCUT2D eigenvalue weighted by Gasteiger charge is -2.35. The van der Waals surface area contributed by atoms with Crippen LogP contribution in [-0.2, 0) is 11.3 Å². The molecule has 2 N–H and O–H groups in total. The van der Waals surface area contributed by atoms with Crippen LogP contribution in [0.2, 0.25) is 5.02 Å². The Labute approximate surface area is 132 Å². The first-order chi connectivity index (χ1) is 10.2. The van der Waals surface area contributed by atoms with Gasteiger partial charge in [-0.2, -0.15) is 0 Å². The third kappa shape index (κ3) is 4.85. The van der Waals surface area contributed by atoms with Crippen LogP contribution < -0.4 is 10.2 Å². The number of hydrogen-bond donors (Lipinski definition) is 2. The van der Waals surface area contributed by atoms with E-state index in [0.29, 0.717) is 12.5 Å². The number of rotatable bonds is 7. The maximum Gasteiger partial charge on any atom is 0.0587 e. The Balaban J connectivity index is 2.06. The largest absolute Gasteiger partial charge is 0.396 e. The van der Waals surface area contributed by atoms with Gasteiger partial charge in [0.15, 0.2) is 0 Å². The van der Waals surface area contributed by atoms with Crippen LogP contribution in [0.5, 0.6) is 0 Å². The molecule has 1 aromatic rings. The van der Waals surface area contributed by atoms with Gasteiger partial charge in [0.25, 0.3) is 0 Å². The zero-order valence-electron chi connectivity index (χ0n) is 12.6. The van der Waals surface area contributed by atoms with E-state index in [1.54, 1.807) is 7.11 Å². The molecule has 21 heavy (non-hydrogen) atoms. The maximum absolute atomic E-state index is 9.40. The smallest absolute Gasteiger partial charge is 0.0587 e. The van der Waals surface area contributed by atoms with Crippen molar-refractivity contribution in [2.24, 2.45) is 5.92 Å². The van der Waals surface area contributed by atoms with Gasteiger partial charge in [-0.3, -0.25) is 0 Å². The molecule has 0 amide bonds. The number of nitrogens with one attached hydrogen (secondary N) is 1. The van der Waals surface area contributed by atoms with Crippen LogP contribution >= 0.6 is 11.6 Å². The van der Waals surface area contributed by atoms with E-state index in [9.17, 15) is 5.11 Å². The number of piperidine rings is 1. The molecule has 5 heteroatoms. The Morgan fingerprint density at radius 2 is 2.33 bits per heavy atom. The summed E-state index contributed by atoms with van der Waals surface area (Å²) < 4.78 is 5.05. The summed E-state index contributed by atoms with van der Waals surface area (Å²) in [5.74, 6) is 0.378. The minimum atomic E-state index is 0.269. The normalized spacial score (nSPS) is 19.0. The predicted octanol–water partition coefficient (Wildman–Crippen LogP) is 2.28. The van der Waals surface area contributed by atoms with Gasteiger partial charge in [-0.05, 0) is 42.5 Å². The molecule has 1 aliphatic rings. The van der Waals surface area contributed by atoms with Crippen molar-refractivity contribution in [2.45, 2.75) is 19.4 Å². The Hall–Kier alpha value is -0.810. The van der Waals surface area contributed by atoms with Crippen LogP contribution in [0.1, 0.15) is 18.4 Å². The van der Waals surface area contributed by atoms with Gasteiger partial charge >= 0.3 is 0 Å². The van der Waals surface area contributed by atoms with E-state index in [-0.39, 0.29) is 6.61 Å². The second kappa shape index (κ2) is 8.59. The number of hydrogen-bond acceptors (Lipinski definition) is 4. The first-order valence-corrected chi connectivity index (χ1v) is 7.96. The highest BCUT2D eigenvalue weighted by atomic mass is 35.5. The van der Waals surface area contributed by atoms with Crippen LogP contribution in [0.3, 0.4) is 0 Å². The second-order valence-electron chi connectivity index (χ2n) is 5.58. The monoisotopic (exact) mass is 312 g/mol. The minimum Gasteiger partial charge on any atom is -0.396 e. The molecule has 0 spiro atoms. The average Bonchev–Trinajstić information content (AvgIpc) is 2.52. The van der Waals surface area contributed by atoms with Crippen molar-refractivity contribution in [3.8, 4) is 0 Å². The molecule has 1 fully saturated rings. The van der Waals surface area contributed by atoms with Crippen LogP contribution in [0, 0.1) is 5.92 Å². The topological polar surface area (TPSA) is 44.7 Å². The van der Waals surface area contributed by atoms with Crippen molar-refractivity contribution in [1.29, 1.82) is 0 Å². The van der Waals surface area contributed by atoms with Crippen LogP contribution in [-0.4, -0.2) is 45.1 Å². The highest BCUT2D eigenvalue weighted by Gasteiger charge is 2.21. The summed E-state index contributed by atoms with van der Waals surface area (Å²) in [6.07, 6.45) is 2.24. The quantitative estimate of drug-likeness (QED) is 0.758. The molecule has 1 heterocycles. The molecule has 1 aromatic carbocycles. The Kier molecular flexibility index (Phi) is 6.77. The van der Waals surface area contributed by atoms with Gasteiger partial charge < -0.3 is 20.1 Å². The number of aliphatic hydroxyl groups excluding tert-OH is 1. The molecule has 2 rings (SSSR count). The van der Waals surface area contributed by atoms with E-state index in [4.69, 9.17) is 16.3 Å². The standard InChI is InChI=1S/C16H25ClN2O2/c1-21-8-6-18-10-14-9-15(17)4-5-16(14)19-7-2-3-13(11-19)12-20/h4-5,9,13,18,20H,2-3,6-8,10-12H2,1H3. The summed E-state index contributed by atoms with van der Waals surface area (Å²) in [6, 6.07) is 6.06. The van der Waals surface area contributed by atoms with Crippen LogP contribution in [0.25, 0.3) is 0 Å². The van der Waals surface area contributed by atoms with Gasteiger partial charge in [0.2, 0.25) is 0 Å². The minimum absolute atomic E-state index is 0.269. The van der Waals surface area contributed by atoms with Gasteiger partial charge in [0.05, 0.1) is 6.61 Å². The highest BCUT2D eigenvalue weighted by Crippen LogP contribution is 2.28. The number of halogens is 1. The molecule has 1 unspecified atom stereocenters. The van der Waals surface area contributed by atoms with E-state index >= 15 is 0 Å². The van der Waals surface area contributed by atoms with Gasteiger partial charge in [0.1, 0.15) is 0 Å². The number of nitrogens with zero attached hydrogens (tertiary/aromatic N) is 1. The van der Waals surface area contributed by atoms with Gasteiger partial charge in [-0.25, -0.2) is 0 Å². The molecular weight excluding hydrogens is 288 g/mol.